The molecule has 0 fully saturated rings. The lowest BCUT2D eigenvalue weighted by Crippen LogP contribution is -2.02. The molecule has 0 N–H and O–H groups in total. The number of Topliss-reactive ketones (excluding diaryl/α,β-unsaturated/α-hetero) is 1. The van der Waals surface area contributed by atoms with E-state index < -0.39 is 5.82 Å². The Labute approximate surface area is 86.6 Å². The van der Waals surface area contributed by atoms with E-state index in [1.165, 1.54) is 25.1 Å². The topological polar surface area (TPSA) is 26.3 Å². The minimum absolute atomic E-state index is 0.0188. The Kier molecular flexibility index (Phi) is 3.89. The van der Waals surface area contributed by atoms with Gasteiger partial charge in [0.1, 0.15) is 17.3 Å². The standard InChI is InChI=1S/C10H10ClFO2/c1-7(13)4-5-14-8-2-3-10(12)9(11)6-8/h2-3,6H,4-5H2,1H3. The van der Waals surface area contributed by atoms with Gasteiger partial charge in [0.15, 0.2) is 0 Å². The SMILES string of the molecule is CC(=O)CCOc1ccc(F)c(Cl)c1. The van der Waals surface area contributed by atoms with Crippen molar-refractivity contribution in [2.24, 2.45) is 0 Å². The van der Waals surface area contributed by atoms with E-state index in [0.717, 1.165) is 0 Å². The minimum atomic E-state index is -0.481. The number of hydrogen-bond acceptors (Lipinski definition) is 2. The second kappa shape index (κ2) is 4.96. The molecule has 4 heteroatoms. The maximum Gasteiger partial charge on any atom is 0.142 e. The van der Waals surface area contributed by atoms with Gasteiger partial charge in [-0.15, -0.1) is 0 Å². The highest BCUT2D eigenvalue weighted by molar-refractivity contribution is 6.30. The first-order valence-electron chi connectivity index (χ1n) is 4.17. The molecule has 0 bridgehead atoms. The molecule has 0 aromatic heterocycles. The summed E-state index contributed by atoms with van der Waals surface area (Å²) >= 11 is 5.53. The van der Waals surface area contributed by atoms with E-state index in [2.05, 4.69) is 0 Å². The van der Waals surface area contributed by atoms with Crippen molar-refractivity contribution in [2.45, 2.75) is 13.3 Å². The van der Waals surface area contributed by atoms with Crippen molar-refractivity contribution in [3.63, 3.8) is 0 Å². The Bertz CT molecular complexity index is 339. The second-order valence-electron chi connectivity index (χ2n) is 2.88. The molecule has 1 aromatic carbocycles. The zero-order valence-corrected chi connectivity index (χ0v) is 8.47. The van der Waals surface area contributed by atoms with Crippen molar-refractivity contribution in [1.82, 2.24) is 0 Å². The first-order valence-corrected chi connectivity index (χ1v) is 4.54. The predicted octanol–water partition coefficient (Wildman–Crippen LogP) is 2.84. The summed E-state index contributed by atoms with van der Waals surface area (Å²) in [6.07, 6.45) is 0.342. The Balaban J connectivity index is 2.51. The summed E-state index contributed by atoms with van der Waals surface area (Å²) in [7, 11) is 0. The van der Waals surface area contributed by atoms with Crippen molar-refractivity contribution in [2.75, 3.05) is 6.61 Å². The van der Waals surface area contributed by atoms with E-state index in [1.54, 1.807) is 0 Å². The van der Waals surface area contributed by atoms with E-state index in [1.807, 2.05) is 0 Å². The Morgan fingerprint density at radius 1 is 1.57 bits per heavy atom. The first-order chi connectivity index (χ1) is 6.59. The van der Waals surface area contributed by atoms with Crippen molar-refractivity contribution in [3.8, 4) is 5.75 Å². The van der Waals surface area contributed by atoms with E-state index in [4.69, 9.17) is 16.3 Å². The highest BCUT2D eigenvalue weighted by Gasteiger charge is 2.01. The van der Waals surface area contributed by atoms with Gasteiger partial charge in [0.2, 0.25) is 0 Å². The summed E-state index contributed by atoms with van der Waals surface area (Å²) in [6.45, 7) is 1.78. The zero-order chi connectivity index (χ0) is 10.6. The number of hydrogen-bond donors (Lipinski definition) is 0. The molecular weight excluding hydrogens is 207 g/mol. The Morgan fingerprint density at radius 3 is 2.86 bits per heavy atom. The summed E-state index contributed by atoms with van der Waals surface area (Å²) in [6, 6.07) is 4.09. The molecule has 0 heterocycles. The van der Waals surface area contributed by atoms with Crippen LogP contribution in [0.2, 0.25) is 5.02 Å². The molecule has 0 atom stereocenters. The van der Waals surface area contributed by atoms with Crippen molar-refractivity contribution >= 4 is 17.4 Å². The lowest BCUT2D eigenvalue weighted by Gasteiger charge is -2.04. The van der Waals surface area contributed by atoms with Crippen LogP contribution in [0.25, 0.3) is 0 Å². The van der Waals surface area contributed by atoms with E-state index in [9.17, 15) is 9.18 Å². The number of ether oxygens (including phenoxy) is 1. The van der Waals surface area contributed by atoms with Crippen LogP contribution in [0, 0.1) is 5.82 Å². The summed E-state index contributed by atoms with van der Waals surface area (Å²) < 4.78 is 17.9. The quantitative estimate of drug-likeness (QED) is 0.774. The molecular formula is C10H10ClFO2. The fraction of sp³-hybridized carbons (Fsp3) is 0.300. The maximum absolute atomic E-state index is 12.7. The van der Waals surface area contributed by atoms with Crippen LogP contribution < -0.4 is 4.74 Å². The molecule has 0 spiro atoms. The number of rotatable bonds is 4. The van der Waals surface area contributed by atoms with Gasteiger partial charge in [-0.25, -0.2) is 4.39 Å². The van der Waals surface area contributed by atoms with Gasteiger partial charge in [-0.05, 0) is 19.1 Å². The van der Waals surface area contributed by atoms with Crippen LogP contribution in [0.15, 0.2) is 18.2 Å². The van der Waals surface area contributed by atoms with Gasteiger partial charge >= 0.3 is 0 Å². The fourth-order valence-electron chi connectivity index (χ4n) is 0.879. The third-order valence-corrected chi connectivity index (χ3v) is 1.90. The molecule has 0 aliphatic carbocycles. The predicted molar refractivity (Wildman–Crippen MR) is 52.2 cm³/mol. The summed E-state index contributed by atoms with van der Waals surface area (Å²) in [5.74, 6) is 0.0430. The second-order valence-corrected chi connectivity index (χ2v) is 3.28. The third kappa shape index (κ3) is 3.34. The van der Waals surface area contributed by atoms with Crippen LogP contribution in [0.5, 0.6) is 5.75 Å². The molecule has 0 amide bonds. The number of ketones is 1. The zero-order valence-electron chi connectivity index (χ0n) is 7.72. The van der Waals surface area contributed by atoms with Crippen LogP contribution in [0.1, 0.15) is 13.3 Å². The monoisotopic (exact) mass is 216 g/mol. The molecule has 14 heavy (non-hydrogen) atoms. The summed E-state index contributed by atoms with van der Waals surface area (Å²) in [5, 5.41) is 0.0188. The van der Waals surface area contributed by atoms with Gasteiger partial charge in [-0.2, -0.15) is 0 Å². The Hall–Kier alpha value is -1.09. The average molecular weight is 217 g/mol. The van der Waals surface area contributed by atoms with Crippen molar-refractivity contribution in [3.05, 3.63) is 29.0 Å². The molecule has 0 unspecified atom stereocenters. The maximum atomic E-state index is 12.7. The van der Waals surface area contributed by atoms with Gasteiger partial charge in [-0.1, -0.05) is 11.6 Å². The van der Waals surface area contributed by atoms with Gasteiger partial charge < -0.3 is 4.74 Å². The highest BCUT2D eigenvalue weighted by Crippen LogP contribution is 2.20. The number of halogens is 2. The largest absolute Gasteiger partial charge is 0.493 e. The highest BCUT2D eigenvalue weighted by atomic mass is 35.5. The molecule has 76 valence electrons. The van der Waals surface area contributed by atoms with Gasteiger partial charge in [0.05, 0.1) is 11.6 Å². The van der Waals surface area contributed by atoms with Crippen LogP contribution in [-0.4, -0.2) is 12.4 Å². The van der Waals surface area contributed by atoms with Crippen molar-refractivity contribution in [1.29, 1.82) is 0 Å². The Morgan fingerprint density at radius 2 is 2.29 bits per heavy atom. The number of carbonyl (C=O) groups is 1. The molecule has 0 radical (unpaired) electrons. The van der Waals surface area contributed by atoms with Gasteiger partial charge in [0, 0.05) is 12.5 Å². The minimum Gasteiger partial charge on any atom is -0.493 e. The van der Waals surface area contributed by atoms with Crippen LogP contribution >= 0.6 is 11.6 Å². The number of benzene rings is 1. The lowest BCUT2D eigenvalue weighted by molar-refractivity contribution is -0.117. The molecule has 1 aromatic rings. The van der Waals surface area contributed by atoms with Gasteiger partial charge in [0.25, 0.3) is 0 Å². The summed E-state index contributed by atoms with van der Waals surface area (Å²) in [5.41, 5.74) is 0. The van der Waals surface area contributed by atoms with Crippen molar-refractivity contribution < 1.29 is 13.9 Å². The molecule has 0 aliphatic heterocycles. The normalized spacial score (nSPS) is 9.93. The summed E-state index contributed by atoms with van der Waals surface area (Å²) in [4.78, 5) is 10.6. The van der Waals surface area contributed by atoms with Crippen LogP contribution in [-0.2, 0) is 4.79 Å². The van der Waals surface area contributed by atoms with E-state index in [0.29, 0.717) is 12.2 Å². The average Bonchev–Trinajstić information content (AvgIpc) is 2.10. The third-order valence-electron chi connectivity index (χ3n) is 1.61. The van der Waals surface area contributed by atoms with Gasteiger partial charge in [-0.3, -0.25) is 4.79 Å². The van der Waals surface area contributed by atoms with E-state index in [-0.39, 0.29) is 17.4 Å². The fourth-order valence-corrected chi connectivity index (χ4v) is 1.05. The molecule has 2 nitrogen and oxygen atoms in total. The first kappa shape index (κ1) is 11.0. The number of carbonyl (C=O) groups excluding carboxylic acids is 1. The molecule has 0 saturated heterocycles. The lowest BCUT2D eigenvalue weighted by atomic mass is 10.3. The molecule has 1 rings (SSSR count). The van der Waals surface area contributed by atoms with E-state index >= 15 is 0 Å². The molecule has 0 aliphatic rings. The van der Waals surface area contributed by atoms with Crippen LogP contribution in [0.4, 0.5) is 4.39 Å². The van der Waals surface area contributed by atoms with Crippen LogP contribution in [0.3, 0.4) is 0 Å². The smallest absolute Gasteiger partial charge is 0.142 e. The molecule has 0 saturated carbocycles.